The highest BCUT2D eigenvalue weighted by atomic mass is 127. The van der Waals surface area contributed by atoms with Crippen LogP contribution in [0.5, 0.6) is 0 Å². The SMILES string of the molecule is CN=C(NCCc1ccncc1C)N1CCC(N(CC2CC2)C(=O)OC(C)(C)C)CC1.I. The summed E-state index contributed by atoms with van der Waals surface area (Å²) in [5, 5.41) is 3.51. The molecule has 0 spiro atoms. The summed E-state index contributed by atoms with van der Waals surface area (Å²) in [6, 6.07) is 2.32. The maximum Gasteiger partial charge on any atom is 0.410 e. The van der Waals surface area contributed by atoms with Crippen molar-refractivity contribution in [2.75, 3.05) is 33.2 Å². The number of ether oxygens (including phenoxy) is 1. The minimum absolute atomic E-state index is 0. The highest BCUT2D eigenvalue weighted by Gasteiger charge is 2.35. The van der Waals surface area contributed by atoms with E-state index in [2.05, 4.69) is 33.2 Å². The van der Waals surface area contributed by atoms with E-state index in [1.165, 1.54) is 24.0 Å². The Balaban J connectivity index is 0.00000363. The molecule has 32 heavy (non-hydrogen) atoms. The quantitative estimate of drug-likeness (QED) is 0.322. The molecule has 8 heteroatoms. The third-order valence-electron chi connectivity index (χ3n) is 6.01. The number of aromatic nitrogens is 1. The van der Waals surface area contributed by atoms with Crippen molar-refractivity contribution in [3.63, 3.8) is 0 Å². The molecular formula is C24H40IN5O2. The topological polar surface area (TPSA) is 70.1 Å². The molecule has 1 N–H and O–H groups in total. The Hall–Kier alpha value is -1.58. The van der Waals surface area contributed by atoms with Gasteiger partial charge < -0.3 is 19.9 Å². The second kappa shape index (κ2) is 12.0. The van der Waals surface area contributed by atoms with Gasteiger partial charge in [0.05, 0.1) is 0 Å². The van der Waals surface area contributed by atoms with Crippen molar-refractivity contribution in [3.05, 3.63) is 29.6 Å². The number of guanidine groups is 1. The fourth-order valence-electron chi connectivity index (χ4n) is 4.09. The summed E-state index contributed by atoms with van der Waals surface area (Å²) in [5.74, 6) is 1.59. The van der Waals surface area contributed by atoms with Crippen molar-refractivity contribution < 1.29 is 9.53 Å². The van der Waals surface area contributed by atoms with Crippen molar-refractivity contribution in [2.45, 2.75) is 71.4 Å². The number of halogens is 1. The van der Waals surface area contributed by atoms with E-state index < -0.39 is 5.60 Å². The summed E-state index contributed by atoms with van der Waals surface area (Å²) >= 11 is 0. The van der Waals surface area contributed by atoms with Gasteiger partial charge in [0, 0.05) is 51.7 Å². The van der Waals surface area contributed by atoms with Crippen LogP contribution in [0, 0.1) is 12.8 Å². The molecule has 0 bridgehead atoms. The van der Waals surface area contributed by atoms with Crippen LogP contribution in [0.1, 0.15) is 57.6 Å². The zero-order chi connectivity index (χ0) is 22.4. The highest BCUT2D eigenvalue weighted by Crippen LogP contribution is 2.32. The van der Waals surface area contributed by atoms with Gasteiger partial charge in [-0.25, -0.2) is 4.79 Å². The van der Waals surface area contributed by atoms with Crippen molar-refractivity contribution in [1.82, 2.24) is 20.1 Å². The molecule has 2 aliphatic rings. The lowest BCUT2D eigenvalue weighted by Gasteiger charge is -2.40. The van der Waals surface area contributed by atoms with Crippen molar-refractivity contribution in [2.24, 2.45) is 10.9 Å². The fraction of sp³-hybridized carbons (Fsp3) is 0.708. The Labute approximate surface area is 210 Å². The zero-order valence-electron chi connectivity index (χ0n) is 20.3. The van der Waals surface area contributed by atoms with Crippen LogP contribution in [0.25, 0.3) is 0 Å². The molecule has 2 fully saturated rings. The number of hydrogen-bond donors (Lipinski definition) is 1. The van der Waals surface area contributed by atoms with Gasteiger partial charge in [0.15, 0.2) is 5.96 Å². The molecule has 0 atom stereocenters. The van der Waals surface area contributed by atoms with Gasteiger partial charge in [-0.15, -0.1) is 24.0 Å². The summed E-state index contributed by atoms with van der Waals surface area (Å²) in [6.45, 7) is 11.4. The number of nitrogens with one attached hydrogen (secondary N) is 1. The molecule has 0 radical (unpaired) electrons. The van der Waals surface area contributed by atoms with Gasteiger partial charge in [-0.2, -0.15) is 0 Å². The first-order valence-electron chi connectivity index (χ1n) is 11.6. The molecule has 1 aliphatic heterocycles. The van der Waals surface area contributed by atoms with Crippen molar-refractivity contribution in [1.29, 1.82) is 0 Å². The van der Waals surface area contributed by atoms with Crippen LogP contribution in [-0.2, 0) is 11.2 Å². The normalized spacial score (nSPS) is 17.5. The number of hydrogen-bond acceptors (Lipinski definition) is 4. The number of likely N-dealkylation sites (tertiary alicyclic amines) is 1. The molecule has 0 unspecified atom stereocenters. The van der Waals surface area contributed by atoms with Crippen LogP contribution >= 0.6 is 24.0 Å². The van der Waals surface area contributed by atoms with Gasteiger partial charge in [-0.3, -0.25) is 9.98 Å². The Bertz CT molecular complexity index is 768. The third kappa shape index (κ3) is 8.08. The van der Waals surface area contributed by atoms with Gasteiger partial charge in [-0.1, -0.05) is 0 Å². The lowest BCUT2D eigenvalue weighted by molar-refractivity contribution is 0.00928. The van der Waals surface area contributed by atoms with Gasteiger partial charge >= 0.3 is 6.09 Å². The van der Waals surface area contributed by atoms with Gasteiger partial charge in [0.25, 0.3) is 0 Å². The van der Waals surface area contributed by atoms with E-state index in [1.807, 2.05) is 45.1 Å². The maximum absolute atomic E-state index is 12.8. The first-order valence-corrected chi connectivity index (χ1v) is 11.6. The summed E-state index contributed by atoms with van der Waals surface area (Å²) in [7, 11) is 1.84. The third-order valence-corrected chi connectivity index (χ3v) is 6.01. The second-order valence-electron chi connectivity index (χ2n) is 9.82. The van der Waals surface area contributed by atoms with E-state index in [4.69, 9.17) is 4.74 Å². The van der Waals surface area contributed by atoms with Crippen LogP contribution in [0.2, 0.25) is 0 Å². The molecule has 1 saturated heterocycles. The Kier molecular flexibility index (Phi) is 10.0. The summed E-state index contributed by atoms with van der Waals surface area (Å²) in [6.07, 6.45) is 8.88. The average Bonchev–Trinajstić information content (AvgIpc) is 3.54. The van der Waals surface area contributed by atoms with E-state index in [9.17, 15) is 4.79 Å². The van der Waals surface area contributed by atoms with Crippen LogP contribution < -0.4 is 5.32 Å². The lowest BCUT2D eigenvalue weighted by Crippen LogP contribution is -2.52. The van der Waals surface area contributed by atoms with Crippen LogP contribution in [0.15, 0.2) is 23.5 Å². The number of rotatable bonds is 6. The summed E-state index contributed by atoms with van der Waals surface area (Å²) in [5.41, 5.74) is 2.07. The van der Waals surface area contributed by atoms with E-state index in [-0.39, 0.29) is 36.1 Å². The Morgan fingerprint density at radius 3 is 2.53 bits per heavy atom. The van der Waals surface area contributed by atoms with Crippen molar-refractivity contribution >= 4 is 36.0 Å². The predicted octanol–water partition coefficient (Wildman–Crippen LogP) is 4.24. The first-order chi connectivity index (χ1) is 14.8. The highest BCUT2D eigenvalue weighted by molar-refractivity contribution is 14.0. The number of pyridine rings is 1. The number of amides is 1. The number of carbonyl (C=O) groups excluding carboxylic acids is 1. The Morgan fingerprint density at radius 1 is 1.28 bits per heavy atom. The monoisotopic (exact) mass is 557 g/mol. The molecule has 3 rings (SSSR count). The fourth-order valence-corrected chi connectivity index (χ4v) is 4.09. The summed E-state index contributed by atoms with van der Waals surface area (Å²) in [4.78, 5) is 25.8. The molecular weight excluding hydrogens is 517 g/mol. The summed E-state index contributed by atoms with van der Waals surface area (Å²) < 4.78 is 5.71. The van der Waals surface area contributed by atoms with Crippen LogP contribution in [0.4, 0.5) is 4.79 Å². The van der Waals surface area contributed by atoms with E-state index in [1.54, 1.807) is 0 Å². The lowest BCUT2D eigenvalue weighted by atomic mass is 10.0. The molecule has 1 aromatic rings. The minimum Gasteiger partial charge on any atom is -0.444 e. The molecule has 1 saturated carbocycles. The number of aliphatic imine (C=N–C) groups is 1. The number of carbonyl (C=O) groups is 1. The van der Waals surface area contributed by atoms with E-state index in [0.717, 1.165) is 51.4 Å². The van der Waals surface area contributed by atoms with Gasteiger partial charge in [0.2, 0.25) is 0 Å². The van der Waals surface area contributed by atoms with E-state index in [0.29, 0.717) is 5.92 Å². The largest absolute Gasteiger partial charge is 0.444 e. The van der Waals surface area contributed by atoms with Crippen LogP contribution in [-0.4, -0.2) is 71.7 Å². The maximum atomic E-state index is 12.8. The molecule has 1 aliphatic carbocycles. The number of piperidine rings is 1. The minimum atomic E-state index is -0.460. The number of aryl methyl sites for hydroxylation is 1. The van der Waals surface area contributed by atoms with Crippen molar-refractivity contribution in [3.8, 4) is 0 Å². The smallest absolute Gasteiger partial charge is 0.410 e. The second-order valence-corrected chi connectivity index (χ2v) is 9.82. The molecule has 180 valence electrons. The molecule has 1 amide bonds. The zero-order valence-corrected chi connectivity index (χ0v) is 22.6. The molecule has 1 aromatic heterocycles. The van der Waals surface area contributed by atoms with Gasteiger partial charge in [0.1, 0.15) is 5.60 Å². The standard InChI is InChI=1S/C24H39N5O2.HI/c1-18-16-26-12-8-20(18)9-13-27-22(25-5)28-14-10-21(11-15-28)29(17-19-6-7-19)23(30)31-24(2,3)4;/h8,12,16,19,21H,6-7,9-11,13-15,17H2,1-5H3,(H,25,27);1H. The molecule has 2 heterocycles. The van der Waals surface area contributed by atoms with Crippen LogP contribution in [0.3, 0.4) is 0 Å². The number of nitrogens with zero attached hydrogens (tertiary/aromatic N) is 4. The van der Waals surface area contributed by atoms with Gasteiger partial charge in [-0.05, 0) is 82.9 Å². The molecule has 7 nitrogen and oxygen atoms in total. The molecule has 0 aromatic carbocycles. The predicted molar refractivity (Wildman–Crippen MR) is 140 cm³/mol. The van der Waals surface area contributed by atoms with E-state index >= 15 is 0 Å². The average molecular weight is 558 g/mol. The Morgan fingerprint density at radius 2 is 1.97 bits per heavy atom. The first kappa shape index (κ1) is 26.7.